The third kappa shape index (κ3) is 5.31. The summed E-state index contributed by atoms with van der Waals surface area (Å²) in [5, 5.41) is 11.0. The van der Waals surface area contributed by atoms with Gasteiger partial charge in [-0.05, 0) is 55.2 Å². The van der Waals surface area contributed by atoms with Crippen LogP contribution in [0.15, 0.2) is 36.4 Å². The van der Waals surface area contributed by atoms with Crippen LogP contribution in [-0.4, -0.2) is 87.2 Å². The SMILES string of the molecule is O=C(CCc1ccc(Cl)cc1F)N1CCC(N2CCN(C(=O)c3ccc4n[nH]nc4c3)CC2)CC1. The number of carbonyl (C=O) groups is 2. The highest BCUT2D eigenvalue weighted by Crippen LogP contribution is 2.21. The Balaban J connectivity index is 1.07. The monoisotopic (exact) mass is 498 g/mol. The van der Waals surface area contributed by atoms with Gasteiger partial charge in [-0.15, -0.1) is 0 Å². The Bertz CT molecular complexity index is 1220. The Morgan fingerprint density at radius 3 is 2.43 bits per heavy atom. The average molecular weight is 499 g/mol. The molecule has 0 aliphatic carbocycles. The smallest absolute Gasteiger partial charge is 0.254 e. The largest absolute Gasteiger partial charge is 0.343 e. The Labute approximate surface area is 208 Å². The fraction of sp³-hybridized carbons (Fsp3) is 0.440. The van der Waals surface area contributed by atoms with Gasteiger partial charge in [0.05, 0.1) is 0 Å². The predicted molar refractivity (Wildman–Crippen MR) is 131 cm³/mol. The number of nitrogens with zero attached hydrogens (tertiary/aromatic N) is 5. The summed E-state index contributed by atoms with van der Waals surface area (Å²) in [7, 11) is 0. The van der Waals surface area contributed by atoms with Crippen molar-refractivity contribution in [2.75, 3.05) is 39.3 Å². The number of aromatic nitrogens is 3. The molecule has 0 bridgehead atoms. The van der Waals surface area contributed by atoms with Crippen LogP contribution < -0.4 is 0 Å². The van der Waals surface area contributed by atoms with Crippen LogP contribution in [0, 0.1) is 5.82 Å². The first-order valence-electron chi connectivity index (χ1n) is 12.0. The maximum absolute atomic E-state index is 14.0. The molecule has 2 fully saturated rings. The molecule has 2 saturated heterocycles. The maximum atomic E-state index is 14.0. The van der Waals surface area contributed by atoms with E-state index >= 15 is 0 Å². The summed E-state index contributed by atoms with van der Waals surface area (Å²) < 4.78 is 14.0. The summed E-state index contributed by atoms with van der Waals surface area (Å²) in [5.41, 5.74) is 2.58. The lowest BCUT2D eigenvalue weighted by atomic mass is 10.0. The highest BCUT2D eigenvalue weighted by molar-refractivity contribution is 6.30. The molecule has 2 aliphatic heterocycles. The number of piperazine rings is 1. The molecule has 0 unspecified atom stereocenters. The molecule has 8 nitrogen and oxygen atoms in total. The number of hydrogen-bond donors (Lipinski definition) is 1. The van der Waals surface area contributed by atoms with Crippen LogP contribution >= 0.6 is 11.6 Å². The normalized spacial score (nSPS) is 17.8. The van der Waals surface area contributed by atoms with Crippen LogP contribution in [0.3, 0.4) is 0 Å². The van der Waals surface area contributed by atoms with Crippen molar-refractivity contribution in [3.63, 3.8) is 0 Å². The first-order valence-corrected chi connectivity index (χ1v) is 12.4. The van der Waals surface area contributed by atoms with Gasteiger partial charge >= 0.3 is 0 Å². The van der Waals surface area contributed by atoms with E-state index in [1.54, 1.807) is 24.3 Å². The molecule has 0 spiro atoms. The molecule has 3 aromatic rings. The molecular formula is C25H28ClFN6O2. The summed E-state index contributed by atoms with van der Waals surface area (Å²) in [6.07, 6.45) is 2.50. The van der Waals surface area contributed by atoms with Gasteiger partial charge in [0.2, 0.25) is 5.91 Å². The summed E-state index contributed by atoms with van der Waals surface area (Å²) in [6.45, 7) is 4.44. The summed E-state index contributed by atoms with van der Waals surface area (Å²) in [5.74, 6) is -0.273. The predicted octanol–water partition coefficient (Wildman–Crippen LogP) is 3.13. The number of amides is 2. The number of benzene rings is 2. The number of piperidine rings is 1. The maximum Gasteiger partial charge on any atom is 0.254 e. The lowest BCUT2D eigenvalue weighted by Gasteiger charge is -2.42. The van der Waals surface area contributed by atoms with Crippen molar-refractivity contribution in [2.24, 2.45) is 0 Å². The molecule has 0 radical (unpaired) electrons. The van der Waals surface area contributed by atoms with Crippen LogP contribution in [0.1, 0.15) is 35.2 Å². The fourth-order valence-corrected chi connectivity index (χ4v) is 5.21. The number of fused-ring (bicyclic) bond motifs is 1. The van der Waals surface area contributed by atoms with Crippen molar-refractivity contribution < 1.29 is 14.0 Å². The van der Waals surface area contributed by atoms with Crippen molar-refractivity contribution in [3.8, 4) is 0 Å². The third-order valence-corrected chi connectivity index (χ3v) is 7.36. The van der Waals surface area contributed by atoms with Crippen LogP contribution in [0.2, 0.25) is 5.02 Å². The Hall–Kier alpha value is -3.04. The fourth-order valence-electron chi connectivity index (χ4n) is 5.05. The number of likely N-dealkylation sites (tertiary alicyclic amines) is 1. The first-order chi connectivity index (χ1) is 17.0. The van der Waals surface area contributed by atoms with Gasteiger partial charge in [-0.25, -0.2) is 4.39 Å². The van der Waals surface area contributed by atoms with Crippen LogP contribution in [-0.2, 0) is 11.2 Å². The van der Waals surface area contributed by atoms with Gasteiger partial charge in [0, 0.05) is 62.3 Å². The molecular weight excluding hydrogens is 471 g/mol. The third-order valence-electron chi connectivity index (χ3n) is 7.12. The minimum absolute atomic E-state index is 0.0205. The van der Waals surface area contributed by atoms with Crippen molar-refractivity contribution in [1.29, 1.82) is 0 Å². The zero-order valence-corrected chi connectivity index (χ0v) is 20.2. The molecule has 0 atom stereocenters. The highest BCUT2D eigenvalue weighted by Gasteiger charge is 2.30. The number of hydrogen-bond acceptors (Lipinski definition) is 5. The van der Waals surface area contributed by atoms with Crippen LogP contribution in [0.5, 0.6) is 0 Å². The zero-order valence-electron chi connectivity index (χ0n) is 19.4. The van der Waals surface area contributed by atoms with E-state index in [1.165, 1.54) is 6.07 Å². The lowest BCUT2D eigenvalue weighted by molar-refractivity contribution is -0.132. The van der Waals surface area contributed by atoms with E-state index in [9.17, 15) is 14.0 Å². The lowest BCUT2D eigenvalue weighted by Crippen LogP contribution is -2.54. The second kappa shape index (κ2) is 10.3. The highest BCUT2D eigenvalue weighted by atomic mass is 35.5. The summed E-state index contributed by atoms with van der Waals surface area (Å²) >= 11 is 5.80. The number of aryl methyl sites for hydroxylation is 1. The Morgan fingerprint density at radius 1 is 0.943 bits per heavy atom. The van der Waals surface area contributed by atoms with E-state index in [0.717, 1.165) is 31.4 Å². The summed E-state index contributed by atoms with van der Waals surface area (Å²) in [6, 6.07) is 10.4. The van der Waals surface area contributed by atoms with Gasteiger partial charge in [-0.2, -0.15) is 15.4 Å². The quantitative estimate of drug-likeness (QED) is 0.584. The van der Waals surface area contributed by atoms with E-state index in [-0.39, 0.29) is 17.6 Å². The number of carbonyl (C=O) groups excluding carboxylic acids is 2. The summed E-state index contributed by atoms with van der Waals surface area (Å²) in [4.78, 5) is 31.8. The number of halogens is 2. The minimum Gasteiger partial charge on any atom is -0.343 e. The number of aromatic amines is 1. The molecule has 10 heteroatoms. The van der Waals surface area contributed by atoms with Gasteiger partial charge in [-0.1, -0.05) is 17.7 Å². The second-order valence-electron chi connectivity index (χ2n) is 9.20. The van der Waals surface area contributed by atoms with Crippen molar-refractivity contribution in [3.05, 3.63) is 58.4 Å². The molecule has 35 heavy (non-hydrogen) atoms. The van der Waals surface area contributed by atoms with Crippen molar-refractivity contribution in [1.82, 2.24) is 30.1 Å². The van der Waals surface area contributed by atoms with Crippen LogP contribution in [0.4, 0.5) is 4.39 Å². The van der Waals surface area contributed by atoms with E-state index in [0.29, 0.717) is 66.7 Å². The molecule has 0 saturated carbocycles. The minimum atomic E-state index is -0.361. The molecule has 3 heterocycles. The Morgan fingerprint density at radius 2 is 1.69 bits per heavy atom. The van der Waals surface area contributed by atoms with Crippen molar-refractivity contribution in [2.45, 2.75) is 31.7 Å². The molecule has 5 rings (SSSR count). The molecule has 1 N–H and O–H groups in total. The average Bonchev–Trinajstić information content (AvgIpc) is 3.36. The van der Waals surface area contributed by atoms with E-state index in [1.807, 2.05) is 15.9 Å². The molecule has 1 aromatic heterocycles. The number of rotatable bonds is 5. The zero-order chi connectivity index (χ0) is 24.4. The van der Waals surface area contributed by atoms with E-state index in [2.05, 4.69) is 20.3 Å². The molecule has 2 aromatic carbocycles. The van der Waals surface area contributed by atoms with Gasteiger partial charge in [0.25, 0.3) is 5.91 Å². The number of H-pyrrole nitrogens is 1. The molecule has 184 valence electrons. The standard InChI is InChI=1S/C25H28ClFN6O2/c26-19-4-1-17(21(27)16-19)3-6-24(34)32-9-7-20(8-10-32)31-11-13-33(14-12-31)25(35)18-2-5-22-23(15-18)29-30-28-22/h1-2,4-5,15-16,20H,3,6-14H2,(H,28,29,30). The van der Waals surface area contributed by atoms with E-state index in [4.69, 9.17) is 11.6 Å². The Kier molecular flexibility index (Phi) is 6.97. The first kappa shape index (κ1) is 23.7. The van der Waals surface area contributed by atoms with Crippen LogP contribution in [0.25, 0.3) is 11.0 Å². The second-order valence-corrected chi connectivity index (χ2v) is 9.64. The van der Waals surface area contributed by atoms with E-state index < -0.39 is 0 Å². The van der Waals surface area contributed by atoms with Gasteiger partial charge in [-0.3, -0.25) is 14.5 Å². The topological polar surface area (TPSA) is 85.4 Å². The number of nitrogens with one attached hydrogen (secondary N) is 1. The van der Waals surface area contributed by atoms with Gasteiger partial charge in [0.15, 0.2) is 0 Å². The van der Waals surface area contributed by atoms with Gasteiger partial charge in [0.1, 0.15) is 16.9 Å². The van der Waals surface area contributed by atoms with Gasteiger partial charge < -0.3 is 9.80 Å². The molecule has 2 aliphatic rings. The molecule has 2 amide bonds. The van der Waals surface area contributed by atoms with Crippen molar-refractivity contribution >= 4 is 34.4 Å².